The van der Waals surface area contributed by atoms with Crippen LogP contribution in [-0.4, -0.2) is 18.6 Å². The number of carbonyl (C=O) groups excluding carboxylic acids is 1. The maximum atomic E-state index is 11.8. The fourth-order valence-corrected chi connectivity index (χ4v) is 2.44. The number of nitrogens with two attached hydrogens (primary N) is 1. The summed E-state index contributed by atoms with van der Waals surface area (Å²) in [6, 6.07) is 0.0244. The second-order valence-electron chi connectivity index (χ2n) is 5.14. The number of rotatable bonds is 7. The maximum Gasteiger partial charge on any atom is 0.310 e. The summed E-state index contributed by atoms with van der Waals surface area (Å²) in [5.41, 5.74) is 5.95. The van der Waals surface area contributed by atoms with Crippen LogP contribution in [0.3, 0.4) is 0 Å². The third kappa shape index (κ3) is 5.53. The van der Waals surface area contributed by atoms with Crippen LogP contribution >= 0.6 is 0 Å². The topological polar surface area (TPSA) is 52.3 Å². The molecule has 3 heteroatoms. The molecule has 0 aromatic rings. The Labute approximate surface area is 105 Å². The first kappa shape index (κ1) is 14.5. The number of hydrogen-bond acceptors (Lipinski definition) is 3. The molecular formula is C14H27NO2. The van der Waals surface area contributed by atoms with E-state index in [4.69, 9.17) is 10.5 Å². The molecule has 2 atom stereocenters. The lowest BCUT2D eigenvalue weighted by Gasteiger charge is -2.26. The molecule has 2 N–H and O–H groups in total. The first-order valence-electron chi connectivity index (χ1n) is 7.18. The molecule has 0 saturated heterocycles. The highest BCUT2D eigenvalue weighted by molar-refractivity contribution is 5.73. The zero-order chi connectivity index (χ0) is 12.5. The van der Waals surface area contributed by atoms with Crippen LogP contribution in [-0.2, 0) is 9.53 Å². The van der Waals surface area contributed by atoms with E-state index in [1.807, 2.05) is 0 Å². The van der Waals surface area contributed by atoms with E-state index in [2.05, 4.69) is 6.92 Å². The van der Waals surface area contributed by atoms with E-state index >= 15 is 0 Å². The van der Waals surface area contributed by atoms with Crippen LogP contribution in [0, 0.1) is 5.92 Å². The molecule has 1 fully saturated rings. The smallest absolute Gasteiger partial charge is 0.310 e. The van der Waals surface area contributed by atoms with Gasteiger partial charge in [0.15, 0.2) is 0 Å². The number of hydrogen-bond donors (Lipinski definition) is 1. The number of carbonyl (C=O) groups is 1. The van der Waals surface area contributed by atoms with Gasteiger partial charge in [-0.25, -0.2) is 0 Å². The normalized spacial score (nSPS) is 24.6. The lowest BCUT2D eigenvalue weighted by Crippen LogP contribution is -2.39. The van der Waals surface area contributed by atoms with Crippen LogP contribution in [0.25, 0.3) is 0 Å². The Morgan fingerprint density at radius 2 is 1.88 bits per heavy atom. The largest absolute Gasteiger partial charge is 0.465 e. The van der Waals surface area contributed by atoms with Crippen molar-refractivity contribution in [2.24, 2.45) is 11.7 Å². The Kier molecular flexibility index (Phi) is 7.25. The van der Waals surface area contributed by atoms with Gasteiger partial charge in [0.2, 0.25) is 0 Å². The molecule has 3 nitrogen and oxygen atoms in total. The molecule has 1 saturated carbocycles. The van der Waals surface area contributed by atoms with Crippen molar-refractivity contribution in [1.82, 2.24) is 0 Å². The molecule has 0 amide bonds. The van der Waals surface area contributed by atoms with Crippen LogP contribution in [0.5, 0.6) is 0 Å². The molecule has 0 bridgehead atoms. The molecule has 2 unspecified atom stereocenters. The maximum absolute atomic E-state index is 11.8. The molecule has 0 aromatic heterocycles. The molecule has 17 heavy (non-hydrogen) atoms. The van der Waals surface area contributed by atoms with Crippen LogP contribution in [0.2, 0.25) is 0 Å². The lowest BCUT2D eigenvalue weighted by molar-refractivity contribution is -0.150. The van der Waals surface area contributed by atoms with Crippen LogP contribution in [0.4, 0.5) is 0 Å². The highest BCUT2D eigenvalue weighted by atomic mass is 16.5. The van der Waals surface area contributed by atoms with E-state index < -0.39 is 0 Å². The molecular weight excluding hydrogens is 214 g/mol. The van der Waals surface area contributed by atoms with Crippen LogP contribution in [0.1, 0.15) is 64.7 Å². The first-order valence-corrected chi connectivity index (χ1v) is 7.18. The van der Waals surface area contributed by atoms with Gasteiger partial charge in [-0.2, -0.15) is 0 Å². The Hall–Kier alpha value is -0.570. The van der Waals surface area contributed by atoms with Gasteiger partial charge in [0.1, 0.15) is 0 Å². The van der Waals surface area contributed by atoms with Gasteiger partial charge < -0.3 is 10.5 Å². The molecule has 0 aromatic carbocycles. The third-order valence-corrected chi connectivity index (χ3v) is 3.61. The average Bonchev–Trinajstić information content (AvgIpc) is 2.34. The van der Waals surface area contributed by atoms with Gasteiger partial charge in [0.25, 0.3) is 0 Å². The zero-order valence-corrected chi connectivity index (χ0v) is 11.1. The Morgan fingerprint density at radius 1 is 1.18 bits per heavy atom. The standard InChI is InChI=1S/C14H27NO2/c1-2-3-4-5-8-11-17-14(16)12-9-6-7-10-13(12)15/h12-13H,2-11,15H2,1H3. The van der Waals surface area contributed by atoms with Gasteiger partial charge in [0.05, 0.1) is 12.5 Å². The summed E-state index contributed by atoms with van der Waals surface area (Å²) in [4.78, 5) is 11.8. The molecule has 100 valence electrons. The van der Waals surface area contributed by atoms with Gasteiger partial charge in [-0.3, -0.25) is 4.79 Å². The number of ether oxygens (including phenoxy) is 1. The molecule has 0 spiro atoms. The zero-order valence-electron chi connectivity index (χ0n) is 11.1. The molecule has 1 aliphatic carbocycles. The van der Waals surface area contributed by atoms with E-state index in [-0.39, 0.29) is 17.9 Å². The van der Waals surface area contributed by atoms with Crippen molar-refractivity contribution in [1.29, 1.82) is 0 Å². The van der Waals surface area contributed by atoms with Crippen molar-refractivity contribution in [3.8, 4) is 0 Å². The van der Waals surface area contributed by atoms with Crippen LogP contribution in [0.15, 0.2) is 0 Å². The second-order valence-corrected chi connectivity index (χ2v) is 5.14. The van der Waals surface area contributed by atoms with Crippen molar-refractivity contribution in [3.63, 3.8) is 0 Å². The summed E-state index contributed by atoms with van der Waals surface area (Å²) >= 11 is 0. The first-order chi connectivity index (χ1) is 8.25. The molecule has 0 aliphatic heterocycles. The Balaban J connectivity index is 2.07. The molecule has 0 heterocycles. The highest BCUT2D eigenvalue weighted by Gasteiger charge is 2.29. The van der Waals surface area contributed by atoms with E-state index in [0.29, 0.717) is 6.61 Å². The summed E-state index contributed by atoms with van der Waals surface area (Å²) < 4.78 is 5.31. The minimum absolute atomic E-state index is 0.0244. The third-order valence-electron chi connectivity index (χ3n) is 3.61. The fraction of sp³-hybridized carbons (Fsp3) is 0.929. The van der Waals surface area contributed by atoms with Gasteiger partial charge in [0, 0.05) is 6.04 Å². The molecule has 1 rings (SSSR count). The summed E-state index contributed by atoms with van der Waals surface area (Å²) in [6.07, 6.45) is 10.1. The van der Waals surface area contributed by atoms with Crippen molar-refractivity contribution in [3.05, 3.63) is 0 Å². The minimum atomic E-state index is -0.0623. The van der Waals surface area contributed by atoms with E-state index in [1.165, 1.54) is 19.3 Å². The van der Waals surface area contributed by atoms with Gasteiger partial charge in [-0.1, -0.05) is 45.4 Å². The highest BCUT2D eigenvalue weighted by Crippen LogP contribution is 2.24. The number of esters is 1. The van der Waals surface area contributed by atoms with Crippen LogP contribution < -0.4 is 5.73 Å². The van der Waals surface area contributed by atoms with Crippen molar-refractivity contribution < 1.29 is 9.53 Å². The average molecular weight is 241 g/mol. The predicted octanol–water partition coefficient (Wildman–Crippen LogP) is 3.02. The molecule has 1 aliphatic rings. The lowest BCUT2D eigenvalue weighted by atomic mass is 9.85. The Bertz CT molecular complexity index is 218. The summed E-state index contributed by atoms with van der Waals surface area (Å²) in [7, 11) is 0. The predicted molar refractivity (Wildman–Crippen MR) is 69.7 cm³/mol. The quantitative estimate of drug-likeness (QED) is 0.550. The van der Waals surface area contributed by atoms with Crippen molar-refractivity contribution in [2.45, 2.75) is 70.8 Å². The van der Waals surface area contributed by atoms with Gasteiger partial charge in [-0.15, -0.1) is 0 Å². The number of unbranched alkanes of at least 4 members (excludes halogenated alkanes) is 4. The monoisotopic (exact) mass is 241 g/mol. The second kappa shape index (κ2) is 8.51. The SMILES string of the molecule is CCCCCCCOC(=O)C1CCCCC1N. The summed E-state index contributed by atoms with van der Waals surface area (Å²) in [5.74, 6) is -0.105. The minimum Gasteiger partial charge on any atom is -0.465 e. The van der Waals surface area contributed by atoms with E-state index in [9.17, 15) is 4.79 Å². The molecule has 0 radical (unpaired) electrons. The summed E-state index contributed by atoms with van der Waals surface area (Å²) in [6.45, 7) is 2.77. The fourth-order valence-electron chi connectivity index (χ4n) is 2.44. The van der Waals surface area contributed by atoms with Gasteiger partial charge >= 0.3 is 5.97 Å². The van der Waals surface area contributed by atoms with Gasteiger partial charge in [-0.05, 0) is 19.3 Å². The summed E-state index contributed by atoms with van der Waals surface area (Å²) in [5, 5.41) is 0. The van der Waals surface area contributed by atoms with E-state index in [1.54, 1.807) is 0 Å². The Morgan fingerprint density at radius 3 is 2.59 bits per heavy atom. The van der Waals surface area contributed by atoms with Crippen molar-refractivity contribution in [2.75, 3.05) is 6.61 Å². The van der Waals surface area contributed by atoms with E-state index in [0.717, 1.165) is 38.5 Å². The van der Waals surface area contributed by atoms with Crippen molar-refractivity contribution >= 4 is 5.97 Å².